The van der Waals surface area contributed by atoms with E-state index in [1.165, 1.54) is 11.1 Å². The molecule has 22 heavy (non-hydrogen) atoms. The van der Waals surface area contributed by atoms with Crippen LogP contribution in [0.5, 0.6) is 0 Å². The van der Waals surface area contributed by atoms with Crippen LogP contribution in [0.2, 0.25) is 0 Å². The number of carbonyl (C=O) groups is 1. The van der Waals surface area contributed by atoms with Crippen LogP contribution in [-0.4, -0.2) is 47.8 Å². The Hall–Kier alpha value is -1.59. The molecule has 0 fully saturated rings. The zero-order chi connectivity index (χ0) is 16.0. The van der Waals surface area contributed by atoms with Gasteiger partial charge in [-0.05, 0) is 37.8 Å². The zero-order valence-corrected chi connectivity index (χ0v) is 13.6. The standard InChI is InChI=1S/C17H27N3O2/c1-17(2,13-19-16(22)18-9-5-11-21)20-10-8-14-6-3-4-7-15(14)12-20/h3-4,6-7,21H,5,8-13H2,1-2H3,(H2,18,19,22). The highest BCUT2D eigenvalue weighted by Crippen LogP contribution is 2.24. The molecule has 0 unspecified atom stereocenters. The summed E-state index contributed by atoms with van der Waals surface area (Å²) in [6.07, 6.45) is 1.64. The van der Waals surface area contributed by atoms with Crippen molar-refractivity contribution in [2.75, 3.05) is 26.2 Å². The molecule has 0 atom stereocenters. The number of aliphatic hydroxyl groups is 1. The van der Waals surface area contributed by atoms with Crippen LogP contribution in [0.15, 0.2) is 24.3 Å². The number of hydrogen-bond acceptors (Lipinski definition) is 3. The Morgan fingerprint density at radius 2 is 2.00 bits per heavy atom. The number of amides is 2. The van der Waals surface area contributed by atoms with E-state index in [1.54, 1.807) is 0 Å². The molecule has 1 aliphatic rings. The summed E-state index contributed by atoms with van der Waals surface area (Å²) in [4.78, 5) is 14.1. The van der Waals surface area contributed by atoms with Gasteiger partial charge < -0.3 is 15.7 Å². The maximum absolute atomic E-state index is 11.7. The number of carbonyl (C=O) groups excluding carboxylic acids is 1. The Morgan fingerprint density at radius 1 is 1.27 bits per heavy atom. The van der Waals surface area contributed by atoms with E-state index in [4.69, 9.17) is 5.11 Å². The van der Waals surface area contributed by atoms with Gasteiger partial charge in [0.15, 0.2) is 0 Å². The molecule has 122 valence electrons. The summed E-state index contributed by atoms with van der Waals surface area (Å²) in [5.41, 5.74) is 2.72. The predicted octanol–water partition coefficient (Wildman–Crippen LogP) is 1.50. The number of urea groups is 1. The first-order valence-electron chi connectivity index (χ1n) is 7.97. The van der Waals surface area contributed by atoms with Crippen LogP contribution in [0.4, 0.5) is 4.79 Å². The molecular formula is C17H27N3O2. The minimum absolute atomic E-state index is 0.0954. The van der Waals surface area contributed by atoms with Gasteiger partial charge in [-0.15, -0.1) is 0 Å². The normalized spacial score (nSPS) is 15.2. The van der Waals surface area contributed by atoms with Gasteiger partial charge >= 0.3 is 6.03 Å². The molecule has 5 nitrogen and oxygen atoms in total. The lowest BCUT2D eigenvalue weighted by atomic mass is 9.94. The summed E-state index contributed by atoms with van der Waals surface area (Å²) < 4.78 is 0. The van der Waals surface area contributed by atoms with Gasteiger partial charge in [-0.25, -0.2) is 4.79 Å². The molecule has 1 heterocycles. The van der Waals surface area contributed by atoms with E-state index in [-0.39, 0.29) is 18.2 Å². The first kappa shape index (κ1) is 16.8. The van der Waals surface area contributed by atoms with Crippen LogP contribution in [-0.2, 0) is 13.0 Å². The highest BCUT2D eigenvalue weighted by Gasteiger charge is 2.29. The van der Waals surface area contributed by atoms with Gasteiger partial charge in [-0.3, -0.25) is 4.90 Å². The van der Waals surface area contributed by atoms with Crippen molar-refractivity contribution in [2.45, 2.75) is 38.8 Å². The molecule has 1 aliphatic heterocycles. The number of nitrogens with zero attached hydrogens (tertiary/aromatic N) is 1. The van der Waals surface area contributed by atoms with Gasteiger partial charge in [0, 0.05) is 38.3 Å². The molecule has 0 radical (unpaired) electrons. The predicted molar refractivity (Wildman–Crippen MR) is 87.7 cm³/mol. The largest absolute Gasteiger partial charge is 0.396 e. The first-order chi connectivity index (χ1) is 10.5. The summed E-state index contributed by atoms with van der Waals surface area (Å²) >= 11 is 0. The Kier molecular flexibility index (Phi) is 5.80. The van der Waals surface area contributed by atoms with Gasteiger partial charge in [0.2, 0.25) is 0 Å². The summed E-state index contributed by atoms with van der Waals surface area (Å²) in [6.45, 7) is 7.46. The summed E-state index contributed by atoms with van der Waals surface area (Å²) in [5, 5.41) is 14.4. The van der Waals surface area contributed by atoms with Crippen LogP contribution >= 0.6 is 0 Å². The molecule has 2 amide bonds. The van der Waals surface area contributed by atoms with Crippen molar-refractivity contribution >= 4 is 6.03 Å². The molecule has 0 aromatic heterocycles. The highest BCUT2D eigenvalue weighted by atomic mass is 16.3. The van der Waals surface area contributed by atoms with E-state index in [9.17, 15) is 4.79 Å². The third-order valence-corrected chi connectivity index (χ3v) is 4.29. The topological polar surface area (TPSA) is 64.6 Å². The Balaban J connectivity index is 1.84. The van der Waals surface area contributed by atoms with E-state index in [2.05, 4.69) is 53.6 Å². The second-order valence-corrected chi connectivity index (χ2v) is 6.44. The fourth-order valence-electron chi connectivity index (χ4n) is 2.76. The lowest BCUT2D eigenvalue weighted by molar-refractivity contribution is 0.104. The van der Waals surface area contributed by atoms with Crippen LogP contribution in [0.3, 0.4) is 0 Å². The Bertz CT molecular complexity index is 502. The second-order valence-electron chi connectivity index (χ2n) is 6.44. The lowest BCUT2D eigenvalue weighted by Crippen LogP contribution is -2.54. The van der Waals surface area contributed by atoms with E-state index < -0.39 is 0 Å². The van der Waals surface area contributed by atoms with E-state index in [1.807, 2.05) is 0 Å². The van der Waals surface area contributed by atoms with Crippen LogP contribution in [0.1, 0.15) is 31.4 Å². The van der Waals surface area contributed by atoms with E-state index in [0.29, 0.717) is 19.5 Å². The van der Waals surface area contributed by atoms with E-state index >= 15 is 0 Å². The number of aliphatic hydroxyl groups excluding tert-OH is 1. The summed E-state index contributed by atoms with van der Waals surface area (Å²) in [6, 6.07) is 8.40. The SMILES string of the molecule is CC(C)(CNC(=O)NCCCO)N1CCc2ccccc2C1. The third-order valence-electron chi connectivity index (χ3n) is 4.29. The smallest absolute Gasteiger partial charge is 0.314 e. The molecule has 0 saturated carbocycles. The van der Waals surface area contributed by atoms with Crippen LogP contribution in [0, 0.1) is 0 Å². The Morgan fingerprint density at radius 3 is 2.73 bits per heavy atom. The summed E-state index contributed by atoms with van der Waals surface area (Å²) in [5.74, 6) is 0. The zero-order valence-electron chi connectivity index (χ0n) is 13.6. The Labute approximate surface area is 132 Å². The minimum atomic E-state index is -0.168. The molecule has 0 bridgehead atoms. The molecule has 3 N–H and O–H groups in total. The molecule has 5 heteroatoms. The van der Waals surface area contributed by atoms with Crippen molar-refractivity contribution < 1.29 is 9.90 Å². The fraction of sp³-hybridized carbons (Fsp3) is 0.588. The highest BCUT2D eigenvalue weighted by molar-refractivity contribution is 5.73. The fourth-order valence-corrected chi connectivity index (χ4v) is 2.76. The van der Waals surface area contributed by atoms with Crippen molar-refractivity contribution in [3.63, 3.8) is 0 Å². The molecule has 0 spiro atoms. The van der Waals surface area contributed by atoms with Gasteiger partial charge in [-0.1, -0.05) is 24.3 Å². The monoisotopic (exact) mass is 305 g/mol. The molecule has 0 saturated heterocycles. The molecule has 1 aromatic rings. The van der Waals surface area contributed by atoms with E-state index in [0.717, 1.165) is 19.5 Å². The van der Waals surface area contributed by atoms with Crippen LogP contribution in [0.25, 0.3) is 0 Å². The number of fused-ring (bicyclic) bond motifs is 1. The molecular weight excluding hydrogens is 278 g/mol. The van der Waals surface area contributed by atoms with Crippen molar-refractivity contribution in [1.82, 2.24) is 15.5 Å². The number of benzene rings is 1. The molecule has 2 rings (SSSR count). The molecule has 1 aromatic carbocycles. The van der Waals surface area contributed by atoms with Crippen molar-refractivity contribution in [2.24, 2.45) is 0 Å². The third kappa shape index (κ3) is 4.45. The maximum atomic E-state index is 11.7. The lowest BCUT2D eigenvalue weighted by Gasteiger charge is -2.41. The van der Waals surface area contributed by atoms with Gasteiger partial charge in [0.1, 0.15) is 0 Å². The van der Waals surface area contributed by atoms with Crippen molar-refractivity contribution in [3.8, 4) is 0 Å². The van der Waals surface area contributed by atoms with Crippen molar-refractivity contribution in [1.29, 1.82) is 0 Å². The molecule has 0 aliphatic carbocycles. The van der Waals surface area contributed by atoms with Crippen LogP contribution < -0.4 is 10.6 Å². The average Bonchev–Trinajstić information content (AvgIpc) is 2.53. The number of nitrogens with one attached hydrogen (secondary N) is 2. The minimum Gasteiger partial charge on any atom is -0.396 e. The van der Waals surface area contributed by atoms with Gasteiger partial charge in [-0.2, -0.15) is 0 Å². The number of hydrogen-bond donors (Lipinski definition) is 3. The quantitative estimate of drug-likeness (QED) is 0.698. The van der Waals surface area contributed by atoms with Crippen molar-refractivity contribution in [3.05, 3.63) is 35.4 Å². The van der Waals surface area contributed by atoms with Gasteiger partial charge in [0.05, 0.1) is 0 Å². The summed E-state index contributed by atoms with van der Waals surface area (Å²) in [7, 11) is 0. The number of rotatable bonds is 6. The second kappa shape index (κ2) is 7.61. The average molecular weight is 305 g/mol. The maximum Gasteiger partial charge on any atom is 0.314 e. The first-order valence-corrected chi connectivity index (χ1v) is 7.97. The van der Waals surface area contributed by atoms with Gasteiger partial charge in [0.25, 0.3) is 0 Å².